The lowest BCUT2D eigenvalue weighted by atomic mass is 9.99. The number of carbonyl (C=O) groups excluding carboxylic acids is 2. The zero-order valence-electron chi connectivity index (χ0n) is 19.9. The number of carbonyl (C=O) groups is 2. The fourth-order valence-electron chi connectivity index (χ4n) is 5.53. The van der Waals surface area contributed by atoms with Crippen LogP contribution in [0.4, 0.5) is 16.2 Å². The van der Waals surface area contributed by atoms with Gasteiger partial charge in [-0.05, 0) is 67.2 Å². The number of rotatable bonds is 5. The third-order valence-electron chi connectivity index (χ3n) is 7.30. The zero-order valence-corrected chi connectivity index (χ0v) is 20.7. The van der Waals surface area contributed by atoms with E-state index in [0.29, 0.717) is 18.7 Å². The van der Waals surface area contributed by atoms with Gasteiger partial charge in [0.15, 0.2) is 0 Å². The van der Waals surface area contributed by atoms with Gasteiger partial charge in [0.05, 0.1) is 23.6 Å². The van der Waals surface area contributed by atoms with E-state index in [9.17, 15) is 23.2 Å². The van der Waals surface area contributed by atoms with Gasteiger partial charge in [0.2, 0.25) is 5.91 Å². The maximum absolute atomic E-state index is 13.6. The van der Waals surface area contributed by atoms with Crippen LogP contribution < -0.4 is 14.1 Å². The largest absolute Gasteiger partial charge is 0.608 e. The first-order valence-electron chi connectivity index (χ1n) is 12.0. The van der Waals surface area contributed by atoms with E-state index in [0.717, 1.165) is 65.1 Å². The van der Waals surface area contributed by atoms with Gasteiger partial charge in [-0.15, -0.1) is 0 Å². The monoisotopic (exact) mass is 502 g/mol. The summed E-state index contributed by atoms with van der Waals surface area (Å²) in [5.74, 6) is -0.224. The minimum atomic E-state index is -4.77. The minimum Gasteiger partial charge on any atom is -0.608 e. The number of benzene rings is 1. The third kappa shape index (κ3) is 4.19. The van der Waals surface area contributed by atoms with Crippen molar-refractivity contribution in [2.75, 3.05) is 23.2 Å². The van der Waals surface area contributed by atoms with E-state index in [1.54, 1.807) is 14.1 Å². The van der Waals surface area contributed by atoms with Crippen LogP contribution in [0.1, 0.15) is 47.9 Å². The summed E-state index contributed by atoms with van der Waals surface area (Å²) >= 11 is 0. The lowest BCUT2D eigenvalue weighted by Gasteiger charge is -2.37. The van der Waals surface area contributed by atoms with Crippen LogP contribution in [0.5, 0.6) is 0 Å². The maximum atomic E-state index is 13.6. The van der Waals surface area contributed by atoms with E-state index in [2.05, 4.69) is 16.5 Å². The number of anilines is 2. The molecule has 2 heterocycles. The standard InChI is InChI=1S/C23H30N6O5S/c1-26-10-9-17(12-21(26)30)28(18-13-24-27(2)14-18)35(33,34)29(32)23(31)25-22-19-7-3-5-15(19)11-16-6-4-8-20(16)22/h11,13-14,17,29H,3-10,12H2,1-2H3,(H,25,31). The molecule has 5 rings (SSSR count). The number of nitrogens with one attached hydrogen (secondary N) is 2. The SMILES string of the molecule is CN1CCC(N(c2cnn(C)c2)S(=O)(=O)[NH+]([O-])C(=O)Nc2c3c(cc4c2CCC4)CCC3)CC1=O. The van der Waals surface area contributed by atoms with Crippen LogP contribution in [-0.2, 0) is 47.7 Å². The van der Waals surface area contributed by atoms with E-state index < -0.39 is 26.8 Å². The number of quaternary nitrogens is 1. The van der Waals surface area contributed by atoms with Gasteiger partial charge in [-0.25, -0.2) is 9.10 Å². The first kappa shape index (κ1) is 23.8. The third-order valence-corrected chi connectivity index (χ3v) is 8.98. The molecule has 11 nitrogen and oxygen atoms in total. The maximum Gasteiger partial charge on any atom is 0.436 e. The van der Waals surface area contributed by atoms with Gasteiger partial charge >= 0.3 is 16.2 Å². The molecule has 0 radical (unpaired) electrons. The van der Waals surface area contributed by atoms with E-state index in [1.165, 1.54) is 22.0 Å². The molecular formula is C23H30N6O5S. The van der Waals surface area contributed by atoms with Crippen molar-refractivity contribution >= 4 is 33.5 Å². The quantitative estimate of drug-likeness (QED) is 0.578. The molecule has 0 bridgehead atoms. The summed E-state index contributed by atoms with van der Waals surface area (Å²) in [7, 11) is -1.50. The van der Waals surface area contributed by atoms with Gasteiger partial charge in [0.25, 0.3) is 0 Å². The predicted octanol–water partition coefficient (Wildman–Crippen LogP) is 0.684. The molecule has 2 aromatic rings. The Morgan fingerprint density at radius 3 is 2.40 bits per heavy atom. The molecule has 1 aliphatic heterocycles. The molecule has 2 unspecified atom stereocenters. The molecule has 2 atom stereocenters. The van der Waals surface area contributed by atoms with Gasteiger partial charge in [-0.3, -0.25) is 14.8 Å². The Labute approximate surface area is 204 Å². The Balaban J connectivity index is 1.46. The molecule has 12 heteroatoms. The normalized spacial score (nSPS) is 20.5. The number of hydroxylamine groups is 1. The van der Waals surface area contributed by atoms with Crippen LogP contribution in [0.25, 0.3) is 0 Å². The van der Waals surface area contributed by atoms with Crippen LogP contribution in [-0.4, -0.2) is 54.7 Å². The highest BCUT2D eigenvalue weighted by Gasteiger charge is 2.42. The van der Waals surface area contributed by atoms with Crippen LogP contribution >= 0.6 is 0 Å². The molecule has 35 heavy (non-hydrogen) atoms. The number of nitrogens with zero attached hydrogens (tertiary/aromatic N) is 4. The summed E-state index contributed by atoms with van der Waals surface area (Å²) < 4.78 is 28.0. The second-order valence-electron chi connectivity index (χ2n) is 9.61. The van der Waals surface area contributed by atoms with Crippen LogP contribution in [0.15, 0.2) is 18.5 Å². The summed E-state index contributed by atoms with van der Waals surface area (Å²) in [4.78, 5) is 27.0. The number of likely N-dealkylation sites (tertiary alicyclic amines) is 1. The highest BCUT2D eigenvalue weighted by Crippen LogP contribution is 2.38. The Hall–Kier alpha value is -2.96. The van der Waals surface area contributed by atoms with Gasteiger partial charge in [-0.1, -0.05) is 6.07 Å². The fourth-order valence-corrected chi connectivity index (χ4v) is 6.94. The Morgan fingerprint density at radius 2 is 1.83 bits per heavy atom. The molecule has 3 aliphatic rings. The van der Waals surface area contributed by atoms with Crippen molar-refractivity contribution in [3.8, 4) is 0 Å². The van der Waals surface area contributed by atoms with Crippen molar-refractivity contribution in [2.45, 2.75) is 57.4 Å². The Morgan fingerprint density at radius 1 is 1.17 bits per heavy atom. The van der Waals surface area contributed by atoms with Crippen molar-refractivity contribution < 1.29 is 22.5 Å². The van der Waals surface area contributed by atoms with Crippen molar-refractivity contribution in [1.82, 2.24) is 14.7 Å². The average Bonchev–Trinajstić information content (AvgIpc) is 3.56. The molecule has 0 saturated carbocycles. The Bertz CT molecular complexity index is 1260. The summed E-state index contributed by atoms with van der Waals surface area (Å²) in [5, 5.41) is 19.9. The molecule has 1 aromatic carbocycles. The van der Waals surface area contributed by atoms with E-state index in [4.69, 9.17) is 0 Å². The van der Waals surface area contributed by atoms with Crippen LogP contribution in [0.2, 0.25) is 0 Å². The first-order chi connectivity index (χ1) is 16.7. The van der Waals surface area contributed by atoms with Crippen LogP contribution in [0, 0.1) is 5.21 Å². The molecule has 2 aliphatic carbocycles. The molecule has 1 aromatic heterocycles. The van der Waals surface area contributed by atoms with Gasteiger partial charge < -0.3 is 10.1 Å². The van der Waals surface area contributed by atoms with Gasteiger partial charge in [0, 0.05) is 33.3 Å². The van der Waals surface area contributed by atoms with E-state index in [1.807, 2.05) is 0 Å². The smallest absolute Gasteiger partial charge is 0.436 e. The number of hydrogen-bond donors (Lipinski definition) is 2. The summed E-state index contributed by atoms with van der Waals surface area (Å²) in [6, 6.07) is 0.238. The average molecular weight is 503 g/mol. The van der Waals surface area contributed by atoms with Crippen molar-refractivity contribution in [1.29, 1.82) is 0 Å². The number of fused-ring (bicyclic) bond motifs is 2. The van der Waals surface area contributed by atoms with Crippen molar-refractivity contribution in [3.05, 3.63) is 45.9 Å². The highest BCUT2D eigenvalue weighted by atomic mass is 32.2. The van der Waals surface area contributed by atoms with Gasteiger partial charge in [0.1, 0.15) is 0 Å². The second kappa shape index (κ2) is 8.92. The lowest BCUT2D eigenvalue weighted by Crippen LogP contribution is -3.14. The number of piperidine rings is 1. The predicted molar refractivity (Wildman–Crippen MR) is 129 cm³/mol. The lowest BCUT2D eigenvalue weighted by molar-refractivity contribution is -0.604. The number of hydrogen-bond acceptors (Lipinski definition) is 6. The zero-order chi connectivity index (χ0) is 24.9. The molecule has 3 amide bonds. The minimum absolute atomic E-state index is 0.0841. The number of aryl methyl sites for hydroxylation is 3. The molecular weight excluding hydrogens is 472 g/mol. The molecule has 0 spiro atoms. The number of urea groups is 1. The number of aromatic nitrogens is 2. The topological polar surface area (TPSA) is 132 Å². The van der Waals surface area contributed by atoms with Crippen molar-refractivity contribution in [2.24, 2.45) is 7.05 Å². The highest BCUT2D eigenvalue weighted by molar-refractivity contribution is 7.86. The molecule has 1 saturated heterocycles. The molecule has 188 valence electrons. The van der Waals surface area contributed by atoms with Crippen LogP contribution in [0.3, 0.4) is 0 Å². The van der Waals surface area contributed by atoms with E-state index in [-0.39, 0.29) is 18.0 Å². The molecule has 1 fully saturated rings. The first-order valence-corrected chi connectivity index (χ1v) is 13.4. The summed E-state index contributed by atoms with van der Waals surface area (Å²) in [6.07, 6.45) is 8.37. The summed E-state index contributed by atoms with van der Waals surface area (Å²) in [6.45, 7) is 0.346. The van der Waals surface area contributed by atoms with Crippen molar-refractivity contribution in [3.63, 3.8) is 0 Å². The number of amides is 3. The van der Waals surface area contributed by atoms with Gasteiger partial charge in [-0.2, -0.15) is 18.0 Å². The Kier molecular flexibility index (Phi) is 6.06. The van der Waals surface area contributed by atoms with E-state index >= 15 is 0 Å². The molecule has 2 N–H and O–H groups in total. The fraction of sp³-hybridized carbons (Fsp3) is 0.522. The second-order valence-corrected chi connectivity index (χ2v) is 11.3. The summed E-state index contributed by atoms with van der Waals surface area (Å²) in [5.41, 5.74) is 5.11.